The minimum Gasteiger partial charge on any atom is -0.384 e. The second-order valence-electron chi connectivity index (χ2n) is 4.05. The molecule has 18 heavy (non-hydrogen) atoms. The number of hydrogen-bond acceptors (Lipinski definition) is 1. The molecule has 0 aliphatic heterocycles. The number of aliphatic hydroxyl groups is 1. The van der Waals surface area contributed by atoms with Crippen molar-refractivity contribution < 1.29 is 13.9 Å². The van der Waals surface area contributed by atoms with Gasteiger partial charge in [0.2, 0.25) is 0 Å². The lowest BCUT2D eigenvalue weighted by molar-refractivity contribution is 0.217. The molecule has 0 fully saturated rings. The Morgan fingerprint density at radius 1 is 1.11 bits per heavy atom. The SMILES string of the molecule is Cc1ccc(F)cc1C(O)c1cccc(F)c1Br. The molecular formula is C14H11BrF2O. The minimum atomic E-state index is -1.06. The zero-order valence-electron chi connectivity index (χ0n) is 9.62. The lowest BCUT2D eigenvalue weighted by Gasteiger charge is -2.16. The third-order valence-electron chi connectivity index (χ3n) is 2.81. The summed E-state index contributed by atoms with van der Waals surface area (Å²) >= 11 is 3.09. The van der Waals surface area contributed by atoms with Crippen molar-refractivity contribution in [3.8, 4) is 0 Å². The van der Waals surface area contributed by atoms with Crippen LogP contribution in [0.4, 0.5) is 8.78 Å². The summed E-state index contributed by atoms with van der Waals surface area (Å²) in [5.41, 5.74) is 1.56. The molecule has 0 heterocycles. The maximum Gasteiger partial charge on any atom is 0.137 e. The van der Waals surface area contributed by atoms with Crippen molar-refractivity contribution in [3.05, 3.63) is 69.2 Å². The van der Waals surface area contributed by atoms with Crippen LogP contribution in [0.1, 0.15) is 22.8 Å². The van der Waals surface area contributed by atoms with E-state index in [0.717, 1.165) is 5.56 Å². The van der Waals surface area contributed by atoms with Gasteiger partial charge in [0.05, 0.1) is 4.47 Å². The number of halogens is 3. The predicted molar refractivity (Wildman–Crippen MR) is 69.3 cm³/mol. The summed E-state index contributed by atoms with van der Waals surface area (Å²) in [5, 5.41) is 10.2. The minimum absolute atomic E-state index is 0.196. The maximum absolute atomic E-state index is 13.4. The fourth-order valence-corrected chi connectivity index (χ4v) is 2.29. The molecule has 0 bridgehead atoms. The van der Waals surface area contributed by atoms with Crippen LogP contribution in [-0.2, 0) is 0 Å². The van der Waals surface area contributed by atoms with E-state index in [4.69, 9.17) is 0 Å². The van der Waals surface area contributed by atoms with Gasteiger partial charge in [-0.15, -0.1) is 0 Å². The highest BCUT2D eigenvalue weighted by Gasteiger charge is 2.18. The number of aryl methyl sites for hydroxylation is 1. The van der Waals surface area contributed by atoms with Crippen molar-refractivity contribution in [2.75, 3.05) is 0 Å². The van der Waals surface area contributed by atoms with Crippen LogP contribution < -0.4 is 0 Å². The first-order chi connectivity index (χ1) is 8.50. The Labute approximate surface area is 112 Å². The van der Waals surface area contributed by atoms with E-state index in [-0.39, 0.29) is 4.47 Å². The highest BCUT2D eigenvalue weighted by molar-refractivity contribution is 9.10. The first-order valence-electron chi connectivity index (χ1n) is 5.38. The predicted octanol–water partition coefficient (Wildman–Crippen LogP) is 4.12. The van der Waals surface area contributed by atoms with Gasteiger partial charge in [0.1, 0.15) is 17.7 Å². The smallest absolute Gasteiger partial charge is 0.137 e. The van der Waals surface area contributed by atoms with Crippen molar-refractivity contribution in [3.63, 3.8) is 0 Å². The Morgan fingerprint density at radius 3 is 2.56 bits per heavy atom. The Bertz CT molecular complexity index is 582. The summed E-state index contributed by atoms with van der Waals surface area (Å²) in [5.74, 6) is -0.886. The molecule has 4 heteroatoms. The van der Waals surface area contributed by atoms with Crippen molar-refractivity contribution in [2.45, 2.75) is 13.0 Å². The van der Waals surface area contributed by atoms with Gasteiger partial charge in [0.25, 0.3) is 0 Å². The summed E-state index contributed by atoms with van der Waals surface area (Å²) in [6.07, 6.45) is -1.06. The van der Waals surface area contributed by atoms with E-state index in [0.29, 0.717) is 11.1 Å². The van der Waals surface area contributed by atoms with Crippen LogP contribution in [0.5, 0.6) is 0 Å². The zero-order valence-corrected chi connectivity index (χ0v) is 11.2. The number of aliphatic hydroxyl groups excluding tert-OH is 1. The quantitative estimate of drug-likeness (QED) is 0.884. The molecule has 0 aliphatic rings. The van der Waals surface area contributed by atoms with Crippen molar-refractivity contribution in [1.82, 2.24) is 0 Å². The van der Waals surface area contributed by atoms with Crippen molar-refractivity contribution in [1.29, 1.82) is 0 Å². The molecule has 0 aromatic heterocycles. The van der Waals surface area contributed by atoms with Gasteiger partial charge in [0.15, 0.2) is 0 Å². The summed E-state index contributed by atoms with van der Waals surface area (Å²) in [7, 11) is 0. The molecule has 2 aromatic carbocycles. The van der Waals surface area contributed by atoms with Crippen LogP contribution in [-0.4, -0.2) is 5.11 Å². The van der Waals surface area contributed by atoms with Crippen LogP contribution in [0.15, 0.2) is 40.9 Å². The fraction of sp³-hybridized carbons (Fsp3) is 0.143. The number of rotatable bonds is 2. The van der Waals surface area contributed by atoms with Gasteiger partial charge in [-0.05, 0) is 52.2 Å². The molecular weight excluding hydrogens is 302 g/mol. The van der Waals surface area contributed by atoms with Gasteiger partial charge >= 0.3 is 0 Å². The fourth-order valence-electron chi connectivity index (χ4n) is 1.81. The molecule has 0 spiro atoms. The molecule has 94 valence electrons. The van der Waals surface area contributed by atoms with E-state index in [1.807, 2.05) is 0 Å². The Balaban J connectivity index is 2.51. The van der Waals surface area contributed by atoms with Gasteiger partial charge < -0.3 is 5.11 Å². The Kier molecular flexibility index (Phi) is 3.78. The van der Waals surface area contributed by atoms with Gasteiger partial charge in [-0.25, -0.2) is 8.78 Å². The standard InChI is InChI=1S/C14H11BrF2O/c1-8-5-6-9(16)7-11(8)14(18)10-3-2-4-12(17)13(10)15/h2-7,14,18H,1H3. The van der Waals surface area contributed by atoms with Crippen molar-refractivity contribution in [2.24, 2.45) is 0 Å². The van der Waals surface area contributed by atoms with E-state index in [1.54, 1.807) is 19.1 Å². The monoisotopic (exact) mass is 312 g/mol. The lowest BCUT2D eigenvalue weighted by Crippen LogP contribution is -2.04. The van der Waals surface area contributed by atoms with Crippen LogP contribution in [0, 0.1) is 18.6 Å². The van der Waals surface area contributed by atoms with E-state index in [2.05, 4.69) is 15.9 Å². The lowest BCUT2D eigenvalue weighted by atomic mass is 9.97. The number of hydrogen-bond donors (Lipinski definition) is 1. The number of benzene rings is 2. The normalized spacial score (nSPS) is 12.5. The molecule has 1 atom stereocenters. The molecule has 2 rings (SSSR count). The largest absolute Gasteiger partial charge is 0.384 e. The van der Waals surface area contributed by atoms with Gasteiger partial charge in [0, 0.05) is 5.56 Å². The van der Waals surface area contributed by atoms with Crippen LogP contribution in [0.3, 0.4) is 0 Å². The topological polar surface area (TPSA) is 20.2 Å². The van der Waals surface area contributed by atoms with Gasteiger partial charge in [-0.2, -0.15) is 0 Å². The van der Waals surface area contributed by atoms with Crippen LogP contribution >= 0.6 is 15.9 Å². The van der Waals surface area contributed by atoms with Crippen LogP contribution in [0.2, 0.25) is 0 Å². The second-order valence-corrected chi connectivity index (χ2v) is 4.84. The Morgan fingerprint density at radius 2 is 1.83 bits per heavy atom. The van der Waals surface area contributed by atoms with E-state index >= 15 is 0 Å². The van der Waals surface area contributed by atoms with Gasteiger partial charge in [-0.3, -0.25) is 0 Å². The van der Waals surface area contributed by atoms with E-state index < -0.39 is 17.7 Å². The summed E-state index contributed by atoms with van der Waals surface area (Å²) in [6, 6.07) is 8.57. The molecule has 0 amide bonds. The molecule has 0 saturated carbocycles. The molecule has 0 saturated heterocycles. The molecule has 0 radical (unpaired) electrons. The average molecular weight is 313 g/mol. The molecule has 1 unspecified atom stereocenters. The Hall–Kier alpha value is -1.26. The van der Waals surface area contributed by atoms with Crippen molar-refractivity contribution >= 4 is 15.9 Å². The summed E-state index contributed by atoms with van der Waals surface area (Å²) in [4.78, 5) is 0. The average Bonchev–Trinajstić information content (AvgIpc) is 2.35. The molecule has 2 aromatic rings. The first-order valence-corrected chi connectivity index (χ1v) is 6.18. The molecule has 0 aliphatic carbocycles. The highest BCUT2D eigenvalue weighted by Crippen LogP contribution is 2.31. The third kappa shape index (κ3) is 2.44. The first kappa shape index (κ1) is 13.2. The zero-order chi connectivity index (χ0) is 13.3. The second kappa shape index (κ2) is 5.16. The van der Waals surface area contributed by atoms with Gasteiger partial charge in [-0.1, -0.05) is 18.2 Å². The maximum atomic E-state index is 13.4. The molecule has 1 N–H and O–H groups in total. The summed E-state index contributed by atoms with van der Waals surface area (Å²) in [6.45, 7) is 1.77. The summed E-state index contributed by atoms with van der Waals surface area (Å²) < 4.78 is 26.8. The molecule has 1 nitrogen and oxygen atoms in total. The van der Waals surface area contributed by atoms with E-state index in [9.17, 15) is 13.9 Å². The highest BCUT2D eigenvalue weighted by atomic mass is 79.9. The van der Waals surface area contributed by atoms with E-state index in [1.165, 1.54) is 24.3 Å². The van der Waals surface area contributed by atoms with Crippen LogP contribution in [0.25, 0.3) is 0 Å². The third-order valence-corrected chi connectivity index (χ3v) is 3.65.